The van der Waals surface area contributed by atoms with E-state index in [0.29, 0.717) is 28.9 Å². The van der Waals surface area contributed by atoms with Crippen LogP contribution >= 0.6 is 0 Å². The van der Waals surface area contributed by atoms with Crippen LogP contribution < -0.4 is 4.31 Å². The minimum atomic E-state index is -3.62. The lowest BCUT2D eigenvalue weighted by Crippen LogP contribution is -2.27. The topological polar surface area (TPSA) is 121 Å². The van der Waals surface area contributed by atoms with E-state index in [1.807, 2.05) is 32.9 Å². The van der Waals surface area contributed by atoms with Crippen molar-refractivity contribution in [3.05, 3.63) is 47.4 Å². The van der Waals surface area contributed by atoms with Gasteiger partial charge in [-0.15, -0.1) is 0 Å². The smallest absolute Gasteiger partial charge is 0.305 e. The molecule has 2 rings (SSSR count). The molecule has 0 saturated heterocycles. The summed E-state index contributed by atoms with van der Waals surface area (Å²) in [4.78, 5) is 19.9. The van der Waals surface area contributed by atoms with Gasteiger partial charge in [0.25, 0.3) is 0 Å². The number of benzene rings is 1. The molecule has 0 saturated carbocycles. The Labute approximate surface area is 200 Å². The molecule has 10 heteroatoms. The zero-order valence-electron chi connectivity index (χ0n) is 20.1. The van der Waals surface area contributed by atoms with Crippen molar-refractivity contribution in [1.29, 1.82) is 0 Å². The molecule has 0 spiro atoms. The number of nitrogens with zero attached hydrogens (tertiary/aromatic N) is 3. The molecule has 1 aromatic heterocycles. The summed E-state index contributed by atoms with van der Waals surface area (Å²) >= 11 is 0. The molecule has 0 fully saturated rings. The number of carboxylic acids is 1. The molecule has 0 radical (unpaired) electrons. The van der Waals surface area contributed by atoms with Gasteiger partial charge >= 0.3 is 5.97 Å². The van der Waals surface area contributed by atoms with Crippen molar-refractivity contribution in [2.45, 2.75) is 52.1 Å². The highest BCUT2D eigenvalue weighted by Crippen LogP contribution is 2.32. The number of rotatable bonds is 11. The second kappa shape index (κ2) is 11.5. The molecule has 2 aromatic rings. The maximum absolute atomic E-state index is 13.6. The summed E-state index contributed by atoms with van der Waals surface area (Å²) in [7, 11) is -2.24. The van der Waals surface area contributed by atoms with E-state index in [9.17, 15) is 22.7 Å². The zero-order chi connectivity index (χ0) is 25.6. The molecule has 1 aromatic carbocycles. The summed E-state index contributed by atoms with van der Waals surface area (Å²) in [5.41, 5.74) is 2.30. The summed E-state index contributed by atoms with van der Waals surface area (Å²) in [6.07, 6.45) is 4.39. The quantitative estimate of drug-likeness (QED) is 0.484. The number of hydrogen-bond donors (Lipinski definition) is 2. The van der Waals surface area contributed by atoms with Gasteiger partial charge in [0.2, 0.25) is 16.0 Å². The molecule has 1 heterocycles. The van der Waals surface area contributed by atoms with E-state index in [1.165, 1.54) is 19.2 Å². The number of halogens is 1. The van der Waals surface area contributed by atoms with Crippen LogP contribution in [0.1, 0.15) is 57.2 Å². The van der Waals surface area contributed by atoms with Crippen molar-refractivity contribution in [2.75, 3.05) is 17.6 Å². The third-order valence-electron chi connectivity index (χ3n) is 5.45. The number of anilines is 1. The minimum absolute atomic E-state index is 0.00611. The molecule has 0 bridgehead atoms. The Balaban J connectivity index is 2.65. The van der Waals surface area contributed by atoms with Crippen LogP contribution in [-0.4, -0.2) is 54.0 Å². The van der Waals surface area contributed by atoms with Gasteiger partial charge in [-0.25, -0.2) is 27.1 Å². The highest BCUT2D eigenvalue weighted by Gasteiger charge is 2.22. The van der Waals surface area contributed by atoms with E-state index in [1.54, 1.807) is 12.1 Å². The molecule has 0 aliphatic rings. The van der Waals surface area contributed by atoms with Crippen LogP contribution in [0.4, 0.5) is 10.3 Å². The summed E-state index contributed by atoms with van der Waals surface area (Å²) in [6.45, 7) is 5.78. The average Bonchev–Trinajstić information content (AvgIpc) is 2.74. The van der Waals surface area contributed by atoms with E-state index >= 15 is 0 Å². The number of sulfonamides is 1. The maximum atomic E-state index is 13.6. The van der Waals surface area contributed by atoms with Crippen LogP contribution in [0, 0.1) is 11.7 Å². The molecular formula is C24H32FN3O5S. The molecular weight excluding hydrogens is 461 g/mol. The van der Waals surface area contributed by atoms with Crippen LogP contribution in [0.15, 0.2) is 30.3 Å². The highest BCUT2D eigenvalue weighted by molar-refractivity contribution is 7.92. The fourth-order valence-corrected chi connectivity index (χ4v) is 3.82. The van der Waals surface area contributed by atoms with Gasteiger partial charge in [-0.3, -0.25) is 4.79 Å². The monoisotopic (exact) mass is 493 g/mol. The normalized spacial score (nSPS) is 13.9. The first-order valence-corrected chi connectivity index (χ1v) is 12.9. The van der Waals surface area contributed by atoms with Gasteiger partial charge in [-0.1, -0.05) is 32.9 Å². The van der Waals surface area contributed by atoms with Crippen LogP contribution in [-0.2, 0) is 14.8 Å². The second-order valence-electron chi connectivity index (χ2n) is 8.58. The second-order valence-corrected chi connectivity index (χ2v) is 10.6. The summed E-state index contributed by atoms with van der Waals surface area (Å²) in [5.74, 6) is -1.66. The van der Waals surface area contributed by atoms with Gasteiger partial charge in [0.05, 0.1) is 30.2 Å². The Morgan fingerprint density at radius 2 is 1.82 bits per heavy atom. The maximum Gasteiger partial charge on any atom is 0.305 e. The van der Waals surface area contributed by atoms with Crippen LogP contribution in [0.25, 0.3) is 17.3 Å². The minimum Gasteiger partial charge on any atom is -0.481 e. The van der Waals surface area contributed by atoms with Crippen molar-refractivity contribution in [3.63, 3.8) is 0 Å². The Morgan fingerprint density at radius 1 is 1.21 bits per heavy atom. The number of allylic oxidation sites excluding steroid dienone is 1. The van der Waals surface area contributed by atoms with Crippen molar-refractivity contribution in [2.24, 2.45) is 5.92 Å². The van der Waals surface area contributed by atoms with Crippen molar-refractivity contribution < 1.29 is 27.8 Å². The molecule has 2 atom stereocenters. The predicted octanol–water partition coefficient (Wildman–Crippen LogP) is 4.07. The van der Waals surface area contributed by atoms with Crippen molar-refractivity contribution >= 4 is 28.0 Å². The Morgan fingerprint density at radius 3 is 2.32 bits per heavy atom. The number of aliphatic hydroxyl groups excluding tert-OH is 1. The number of hydrogen-bond acceptors (Lipinski definition) is 6. The molecule has 186 valence electrons. The average molecular weight is 494 g/mol. The first-order chi connectivity index (χ1) is 15.8. The predicted molar refractivity (Wildman–Crippen MR) is 130 cm³/mol. The van der Waals surface area contributed by atoms with Crippen LogP contribution in [0.3, 0.4) is 0 Å². The fraction of sp³-hybridized carbons (Fsp3) is 0.458. The molecule has 0 aliphatic heterocycles. The number of carboxylic acid groups (broad SMARTS) is 1. The third kappa shape index (κ3) is 7.33. The molecule has 8 nitrogen and oxygen atoms in total. The number of carbonyl (C=O) groups is 1. The first-order valence-electron chi connectivity index (χ1n) is 11.0. The number of aromatic nitrogens is 2. The Hall–Kier alpha value is -2.85. The van der Waals surface area contributed by atoms with Gasteiger partial charge in [-0.2, -0.15) is 0 Å². The SMILES string of the molecule is CCC(C=Cc1c(-c2ccc(F)cc2)nc(N(C)S(C)(=O)=O)nc1C(C)C)CC(O)CC(=O)O. The zero-order valence-corrected chi connectivity index (χ0v) is 20.9. The lowest BCUT2D eigenvalue weighted by Gasteiger charge is -2.21. The van der Waals surface area contributed by atoms with Crippen LogP contribution in [0.2, 0.25) is 0 Å². The fourth-order valence-electron chi connectivity index (χ4n) is 3.44. The molecule has 0 aliphatic carbocycles. The van der Waals surface area contributed by atoms with Gasteiger partial charge in [-0.05, 0) is 48.9 Å². The highest BCUT2D eigenvalue weighted by atomic mass is 32.2. The van der Waals surface area contributed by atoms with E-state index in [4.69, 9.17) is 5.11 Å². The standard InChI is InChI=1S/C24H32FN3O5S/c1-6-16(13-19(29)14-21(30)31)7-12-20-22(15(2)3)26-24(28(4)34(5,32)33)27-23(20)17-8-10-18(25)11-9-17/h7-12,15-16,19,29H,6,13-14H2,1-5H3,(H,30,31). The first kappa shape index (κ1) is 27.4. The van der Waals surface area contributed by atoms with E-state index in [0.717, 1.165) is 10.6 Å². The van der Waals surface area contributed by atoms with Crippen LogP contribution in [0.5, 0.6) is 0 Å². The Bertz CT molecular complexity index is 1130. The van der Waals surface area contributed by atoms with E-state index in [2.05, 4.69) is 9.97 Å². The number of aliphatic carboxylic acids is 1. The van der Waals surface area contributed by atoms with Gasteiger partial charge in [0.1, 0.15) is 5.82 Å². The molecule has 0 amide bonds. The lowest BCUT2D eigenvalue weighted by atomic mass is 9.93. The molecule has 34 heavy (non-hydrogen) atoms. The van der Waals surface area contributed by atoms with Gasteiger partial charge in [0.15, 0.2) is 0 Å². The summed E-state index contributed by atoms with van der Waals surface area (Å²) in [6, 6.07) is 5.74. The van der Waals surface area contributed by atoms with Gasteiger partial charge < -0.3 is 10.2 Å². The van der Waals surface area contributed by atoms with Crippen molar-refractivity contribution in [1.82, 2.24) is 9.97 Å². The number of aliphatic hydroxyl groups is 1. The summed E-state index contributed by atoms with van der Waals surface area (Å²) in [5, 5.41) is 19.0. The van der Waals surface area contributed by atoms with E-state index in [-0.39, 0.29) is 30.6 Å². The third-order valence-corrected chi connectivity index (χ3v) is 6.61. The lowest BCUT2D eigenvalue weighted by molar-refractivity contribution is -0.139. The van der Waals surface area contributed by atoms with Gasteiger partial charge in [0, 0.05) is 18.2 Å². The van der Waals surface area contributed by atoms with Crippen molar-refractivity contribution in [3.8, 4) is 11.3 Å². The Kier molecular flexibility index (Phi) is 9.29. The summed E-state index contributed by atoms with van der Waals surface area (Å²) < 4.78 is 38.9. The molecule has 2 N–H and O–H groups in total. The van der Waals surface area contributed by atoms with E-state index < -0.39 is 27.9 Å². The largest absolute Gasteiger partial charge is 0.481 e. The molecule has 2 unspecified atom stereocenters.